The van der Waals surface area contributed by atoms with Gasteiger partial charge in [-0.15, -0.1) is 22.7 Å². The fourth-order valence-electron chi connectivity index (χ4n) is 6.45. The zero-order valence-corrected chi connectivity index (χ0v) is 33.1. The molecule has 0 spiro atoms. The summed E-state index contributed by atoms with van der Waals surface area (Å²) in [5.41, 5.74) is 6.83. The molecule has 2 aliphatic rings. The molecular formula is C33H24Cl4N4O8S4. The van der Waals surface area contributed by atoms with Crippen molar-refractivity contribution in [3.05, 3.63) is 101 Å². The van der Waals surface area contributed by atoms with E-state index in [1.165, 1.54) is 12.1 Å². The zero-order valence-electron chi connectivity index (χ0n) is 26.8. The molecule has 0 saturated carbocycles. The van der Waals surface area contributed by atoms with Crippen molar-refractivity contribution in [3.63, 3.8) is 0 Å². The van der Waals surface area contributed by atoms with Crippen molar-refractivity contribution in [2.45, 2.75) is 40.9 Å². The Morgan fingerprint density at radius 2 is 1.08 bits per heavy atom. The van der Waals surface area contributed by atoms with E-state index >= 15 is 0 Å². The molecule has 0 unspecified atom stereocenters. The van der Waals surface area contributed by atoms with Crippen LogP contribution in [-0.4, -0.2) is 58.7 Å². The molecule has 0 aliphatic heterocycles. The largest absolute Gasteiger partial charge is 0.375 e. The summed E-state index contributed by atoms with van der Waals surface area (Å²) in [5.74, 6) is 0. The van der Waals surface area contributed by atoms with Gasteiger partial charge in [0.05, 0.1) is 57.4 Å². The molecule has 276 valence electrons. The number of ether oxygens (including phenoxy) is 2. The molecule has 2 aliphatic carbocycles. The Kier molecular flexibility index (Phi) is 9.82. The molecule has 0 saturated heterocycles. The van der Waals surface area contributed by atoms with Gasteiger partial charge < -0.3 is 9.47 Å². The van der Waals surface area contributed by atoms with Gasteiger partial charge in [-0.1, -0.05) is 46.4 Å². The molecule has 12 nitrogen and oxygen atoms in total. The summed E-state index contributed by atoms with van der Waals surface area (Å²) in [5, 5.41) is 11.2. The van der Waals surface area contributed by atoms with E-state index in [1.807, 2.05) is 0 Å². The molecule has 0 radical (unpaired) electrons. The Morgan fingerprint density at radius 3 is 1.45 bits per heavy atom. The minimum absolute atomic E-state index is 0.145. The topological polar surface area (TPSA) is 163 Å². The van der Waals surface area contributed by atoms with Gasteiger partial charge in [0.1, 0.15) is 8.42 Å². The van der Waals surface area contributed by atoms with E-state index in [9.17, 15) is 25.9 Å². The Labute approximate surface area is 330 Å². The van der Waals surface area contributed by atoms with Crippen molar-refractivity contribution in [2.24, 2.45) is 0 Å². The summed E-state index contributed by atoms with van der Waals surface area (Å²) >= 11 is 27.4. The number of thiophene rings is 2. The first-order valence-electron chi connectivity index (χ1n) is 15.7. The second-order valence-corrected chi connectivity index (χ2v) is 19.4. The minimum Gasteiger partial charge on any atom is -0.375 e. The molecule has 8 rings (SSSR count). The molecule has 4 heterocycles. The minimum atomic E-state index is -4.38. The van der Waals surface area contributed by atoms with Crippen LogP contribution in [0.3, 0.4) is 0 Å². The van der Waals surface area contributed by atoms with Crippen LogP contribution in [0.4, 0.5) is 0 Å². The normalized spacial score (nSPS) is 13.4. The van der Waals surface area contributed by atoms with Crippen LogP contribution in [0.15, 0.2) is 56.9 Å². The van der Waals surface area contributed by atoms with Crippen LogP contribution in [0.25, 0.3) is 33.9 Å². The van der Waals surface area contributed by atoms with Gasteiger partial charge in [-0.05, 0) is 55.0 Å². The molecule has 6 aromatic rings. The molecule has 0 fully saturated rings. The van der Waals surface area contributed by atoms with Gasteiger partial charge in [-0.25, -0.2) is 9.36 Å². The van der Waals surface area contributed by atoms with Crippen LogP contribution >= 0.6 is 69.1 Å². The number of nitrogens with zero attached hydrogens (tertiary/aromatic N) is 4. The third-order valence-electron chi connectivity index (χ3n) is 8.73. The molecule has 0 bridgehead atoms. The molecule has 2 N–H and O–H groups in total. The van der Waals surface area contributed by atoms with Gasteiger partial charge >= 0.3 is 20.2 Å². The summed E-state index contributed by atoms with van der Waals surface area (Å²) in [6.07, 6.45) is 1.38. The van der Waals surface area contributed by atoms with Gasteiger partial charge in [-0.3, -0.25) is 9.11 Å². The highest BCUT2D eigenvalue weighted by Crippen LogP contribution is 2.47. The average Bonchev–Trinajstić information content (AvgIpc) is 3.89. The van der Waals surface area contributed by atoms with E-state index in [0.717, 1.165) is 43.6 Å². The van der Waals surface area contributed by atoms with Gasteiger partial charge in [0.15, 0.2) is 0 Å². The summed E-state index contributed by atoms with van der Waals surface area (Å²) in [7, 11) is -8.76. The van der Waals surface area contributed by atoms with Gasteiger partial charge in [0, 0.05) is 68.1 Å². The van der Waals surface area contributed by atoms with Crippen molar-refractivity contribution >= 4 is 89.3 Å². The Morgan fingerprint density at radius 1 is 0.660 bits per heavy atom. The molecular weight excluding hydrogens is 850 g/mol. The molecule has 53 heavy (non-hydrogen) atoms. The number of halogens is 4. The standard InChI is InChI=1S/C33H24Cl4N4O8S4/c34-16-2-4-26(22(36)8-16)40-32-18(10-28-20(32)12-30(50-28)52(42,43)44)24(38-40)14-48-6-1-7-49-15-25-19-11-29-21(13-31(51-29)53(45,46)47)33(19)41(39-25)27-5-3-17(35)9-23(27)37/h2-5,8-9,12-13H,1,6-7,10-11,14-15H2,(H,42,43,44)(H,45,46,47). The summed E-state index contributed by atoms with van der Waals surface area (Å²) in [6.45, 7) is 1.05. The molecule has 2 aromatic carbocycles. The van der Waals surface area contributed by atoms with Crippen molar-refractivity contribution < 1.29 is 35.4 Å². The first kappa shape index (κ1) is 37.1. The van der Waals surface area contributed by atoms with E-state index in [0.29, 0.717) is 97.8 Å². The zero-order chi connectivity index (χ0) is 37.4. The first-order valence-corrected chi connectivity index (χ1v) is 21.7. The number of hydrogen-bond donors (Lipinski definition) is 2. The van der Waals surface area contributed by atoms with E-state index in [-0.39, 0.29) is 21.6 Å². The van der Waals surface area contributed by atoms with Crippen LogP contribution in [0.1, 0.15) is 38.7 Å². The summed E-state index contributed by atoms with van der Waals surface area (Å²) in [4.78, 5) is 1.55. The Balaban J connectivity index is 0.955. The predicted molar refractivity (Wildman–Crippen MR) is 203 cm³/mol. The van der Waals surface area contributed by atoms with Gasteiger partial charge in [0.25, 0.3) is 0 Å². The SMILES string of the molecule is O=S(=O)(O)c1cc2c(s1)Cc1c(COCCCOCc3nn(-c4ccc(Cl)cc4Cl)c4c3Cc3sc(S(=O)(=O)O)cc3-4)nn(-c3ccc(Cl)cc3Cl)c1-2. The molecule has 0 amide bonds. The highest BCUT2D eigenvalue weighted by molar-refractivity contribution is 7.88. The lowest BCUT2D eigenvalue weighted by Gasteiger charge is -2.09. The number of aromatic nitrogens is 4. The van der Waals surface area contributed by atoms with Crippen LogP contribution in [0.2, 0.25) is 20.1 Å². The van der Waals surface area contributed by atoms with Gasteiger partial charge in [0.2, 0.25) is 0 Å². The maximum atomic E-state index is 11.9. The van der Waals surface area contributed by atoms with Gasteiger partial charge in [-0.2, -0.15) is 27.0 Å². The fraction of sp³-hybridized carbons (Fsp3) is 0.212. The van der Waals surface area contributed by atoms with Crippen molar-refractivity contribution in [1.29, 1.82) is 0 Å². The van der Waals surface area contributed by atoms with E-state index in [4.69, 9.17) is 66.1 Å². The highest BCUT2D eigenvalue weighted by atomic mass is 35.5. The second kappa shape index (κ2) is 14.0. The highest BCUT2D eigenvalue weighted by Gasteiger charge is 2.34. The average molecular weight is 875 g/mol. The summed E-state index contributed by atoms with van der Waals surface area (Å²) < 4.78 is 81.9. The monoisotopic (exact) mass is 872 g/mol. The molecule has 0 atom stereocenters. The predicted octanol–water partition coefficient (Wildman–Crippen LogP) is 8.55. The first-order chi connectivity index (χ1) is 25.2. The Hall–Kier alpha value is -2.84. The van der Waals surface area contributed by atoms with Crippen molar-refractivity contribution in [1.82, 2.24) is 19.6 Å². The fourth-order valence-corrected chi connectivity index (χ4v) is 11.2. The van der Waals surface area contributed by atoms with E-state index in [2.05, 4.69) is 0 Å². The third kappa shape index (κ3) is 6.98. The van der Waals surface area contributed by atoms with Crippen molar-refractivity contribution in [3.8, 4) is 33.9 Å². The number of benzene rings is 2. The lowest BCUT2D eigenvalue weighted by molar-refractivity contribution is 0.0668. The number of fused-ring (bicyclic) bond motifs is 6. The lowest BCUT2D eigenvalue weighted by atomic mass is 10.2. The van der Waals surface area contributed by atoms with E-state index in [1.54, 1.807) is 45.8 Å². The lowest BCUT2D eigenvalue weighted by Crippen LogP contribution is -2.05. The maximum absolute atomic E-state index is 11.9. The third-order valence-corrected chi connectivity index (χ3v) is 14.7. The summed E-state index contributed by atoms with van der Waals surface area (Å²) in [6, 6.07) is 12.9. The maximum Gasteiger partial charge on any atom is 0.304 e. The van der Waals surface area contributed by atoms with Crippen molar-refractivity contribution in [2.75, 3.05) is 13.2 Å². The Bertz CT molecular complexity index is 2500. The second-order valence-electron chi connectivity index (χ2n) is 12.1. The van der Waals surface area contributed by atoms with Crippen LogP contribution < -0.4 is 0 Å². The molecule has 20 heteroatoms. The number of hydrogen-bond acceptors (Lipinski definition) is 10. The van der Waals surface area contributed by atoms with Crippen LogP contribution in [-0.2, 0) is 55.8 Å². The van der Waals surface area contributed by atoms with E-state index < -0.39 is 20.2 Å². The number of rotatable bonds is 12. The van der Waals surface area contributed by atoms with Crippen LogP contribution in [0, 0.1) is 0 Å². The quantitative estimate of drug-likeness (QED) is 0.0899. The smallest absolute Gasteiger partial charge is 0.304 e. The molecule has 4 aromatic heterocycles. The van der Waals surface area contributed by atoms with Crippen LogP contribution in [0.5, 0.6) is 0 Å².